The van der Waals surface area contributed by atoms with Gasteiger partial charge in [-0.3, -0.25) is 0 Å². The fourth-order valence-corrected chi connectivity index (χ4v) is 4.22. The topological polar surface area (TPSA) is 46.6 Å². The summed E-state index contributed by atoms with van der Waals surface area (Å²) in [6, 6.07) is 9.30. The second kappa shape index (κ2) is 6.14. The lowest BCUT2D eigenvalue weighted by Crippen LogP contribution is -2.44. The van der Waals surface area contributed by atoms with E-state index in [9.17, 15) is 17.2 Å². The molecule has 0 saturated carbocycles. The van der Waals surface area contributed by atoms with Crippen LogP contribution in [0.3, 0.4) is 0 Å². The first-order valence-electron chi connectivity index (χ1n) is 7.48. The van der Waals surface area contributed by atoms with Gasteiger partial charge in [-0.15, -0.1) is 0 Å². The molecule has 2 aromatic carbocycles. The molecule has 0 amide bonds. The van der Waals surface area contributed by atoms with Crippen LogP contribution in [-0.2, 0) is 16.4 Å². The van der Waals surface area contributed by atoms with Crippen molar-refractivity contribution in [3.05, 3.63) is 59.7 Å². The summed E-state index contributed by atoms with van der Waals surface area (Å²) in [5.74, 6) is -1.07. The van der Waals surface area contributed by atoms with Crippen molar-refractivity contribution in [2.75, 3.05) is 7.05 Å². The number of para-hydroxylation sites is 1. The normalized spacial score (nSPS) is 18.3. The van der Waals surface area contributed by atoms with Gasteiger partial charge < -0.3 is 4.74 Å². The zero-order valence-corrected chi connectivity index (χ0v) is 14.1. The van der Waals surface area contributed by atoms with Crippen LogP contribution in [-0.4, -0.2) is 31.9 Å². The predicted molar refractivity (Wildman–Crippen MR) is 85.3 cm³/mol. The predicted octanol–water partition coefficient (Wildman–Crippen LogP) is 2.98. The lowest BCUT2D eigenvalue weighted by Gasteiger charge is -2.28. The fraction of sp³-hybridized carbons (Fsp3) is 0.294. The summed E-state index contributed by atoms with van der Waals surface area (Å²) in [4.78, 5) is -0.674. The van der Waals surface area contributed by atoms with Gasteiger partial charge in [0.2, 0.25) is 10.0 Å². The van der Waals surface area contributed by atoms with E-state index >= 15 is 0 Å². The van der Waals surface area contributed by atoms with Crippen LogP contribution in [0.15, 0.2) is 47.4 Å². The van der Waals surface area contributed by atoms with Gasteiger partial charge in [0.1, 0.15) is 28.4 Å². The lowest BCUT2D eigenvalue weighted by atomic mass is 10.1. The molecule has 128 valence electrons. The van der Waals surface area contributed by atoms with Crippen LogP contribution in [0.4, 0.5) is 8.78 Å². The van der Waals surface area contributed by atoms with Crippen LogP contribution in [0.2, 0.25) is 0 Å². The summed E-state index contributed by atoms with van der Waals surface area (Å²) in [5.41, 5.74) is 0.997. The number of hydrogen-bond donors (Lipinski definition) is 0. The van der Waals surface area contributed by atoms with Crippen molar-refractivity contribution < 1.29 is 21.9 Å². The van der Waals surface area contributed by atoms with Gasteiger partial charge in [-0.1, -0.05) is 18.2 Å². The molecule has 0 fully saturated rings. The second-order valence-electron chi connectivity index (χ2n) is 5.80. The number of benzene rings is 2. The minimum absolute atomic E-state index is 0.390. The highest BCUT2D eigenvalue weighted by atomic mass is 32.2. The van der Waals surface area contributed by atoms with Gasteiger partial charge in [-0.25, -0.2) is 17.2 Å². The average Bonchev–Trinajstić information content (AvgIpc) is 2.99. The zero-order valence-electron chi connectivity index (χ0n) is 13.2. The van der Waals surface area contributed by atoms with Crippen molar-refractivity contribution in [2.24, 2.45) is 0 Å². The summed E-state index contributed by atoms with van der Waals surface area (Å²) in [5, 5.41) is 0. The number of ether oxygens (including phenoxy) is 1. The van der Waals surface area contributed by atoms with E-state index in [-0.39, 0.29) is 0 Å². The van der Waals surface area contributed by atoms with Gasteiger partial charge in [0.15, 0.2) is 0 Å². The van der Waals surface area contributed by atoms with E-state index in [1.54, 1.807) is 6.92 Å². The average molecular weight is 353 g/mol. The van der Waals surface area contributed by atoms with Gasteiger partial charge in [0.25, 0.3) is 0 Å². The lowest BCUT2D eigenvalue weighted by molar-refractivity contribution is 0.153. The fourth-order valence-electron chi connectivity index (χ4n) is 2.76. The first kappa shape index (κ1) is 16.9. The van der Waals surface area contributed by atoms with E-state index in [2.05, 4.69) is 0 Å². The van der Waals surface area contributed by atoms with Crippen molar-refractivity contribution in [2.45, 2.75) is 30.4 Å². The summed E-state index contributed by atoms with van der Waals surface area (Å²) in [6.45, 7) is 1.69. The Labute approximate surface area is 139 Å². The van der Waals surface area contributed by atoms with Crippen molar-refractivity contribution in [3.63, 3.8) is 0 Å². The van der Waals surface area contributed by atoms with Crippen LogP contribution < -0.4 is 4.74 Å². The van der Waals surface area contributed by atoms with Crippen LogP contribution in [0.25, 0.3) is 0 Å². The number of hydrogen-bond acceptors (Lipinski definition) is 3. The first-order valence-corrected chi connectivity index (χ1v) is 8.92. The molecule has 0 saturated heterocycles. The minimum Gasteiger partial charge on any atom is -0.488 e. The summed E-state index contributed by atoms with van der Waals surface area (Å²) in [6.07, 6.45) is 0.168. The number of sulfonamides is 1. The molecule has 1 aliphatic heterocycles. The third-order valence-electron chi connectivity index (χ3n) is 4.33. The number of nitrogens with zero attached hydrogens (tertiary/aromatic N) is 1. The van der Waals surface area contributed by atoms with Crippen molar-refractivity contribution in [1.29, 1.82) is 0 Å². The molecule has 2 unspecified atom stereocenters. The van der Waals surface area contributed by atoms with E-state index in [0.29, 0.717) is 12.5 Å². The molecule has 2 aromatic rings. The Morgan fingerprint density at radius 3 is 2.62 bits per heavy atom. The third kappa shape index (κ3) is 2.89. The van der Waals surface area contributed by atoms with E-state index in [4.69, 9.17) is 4.74 Å². The van der Waals surface area contributed by atoms with Crippen LogP contribution in [0, 0.1) is 11.6 Å². The van der Waals surface area contributed by atoms with Gasteiger partial charge in [0.05, 0.1) is 6.04 Å². The Morgan fingerprint density at radius 2 is 1.92 bits per heavy atom. The van der Waals surface area contributed by atoms with Crippen LogP contribution in [0.5, 0.6) is 5.75 Å². The third-order valence-corrected chi connectivity index (χ3v) is 6.29. The zero-order chi connectivity index (χ0) is 17.5. The first-order chi connectivity index (χ1) is 11.3. The molecular weight excluding hydrogens is 336 g/mol. The Morgan fingerprint density at radius 1 is 1.21 bits per heavy atom. The monoisotopic (exact) mass is 353 g/mol. The molecule has 3 rings (SSSR count). The smallest absolute Gasteiger partial charge is 0.246 e. The second-order valence-corrected chi connectivity index (χ2v) is 7.77. The van der Waals surface area contributed by atoms with Gasteiger partial charge in [0, 0.05) is 13.5 Å². The Kier molecular flexibility index (Phi) is 4.31. The summed E-state index contributed by atoms with van der Waals surface area (Å²) in [7, 11) is -2.83. The molecule has 0 spiro atoms. The molecule has 0 bridgehead atoms. The molecule has 1 heterocycles. The molecule has 1 aliphatic rings. The van der Waals surface area contributed by atoms with Crippen molar-refractivity contribution >= 4 is 10.0 Å². The molecule has 0 aliphatic carbocycles. The molecular formula is C17H17F2NO3S. The Balaban J connectivity index is 1.86. The molecule has 4 nitrogen and oxygen atoms in total. The molecule has 2 atom stereocenters. The van der Waals surface area contributed by atoms with Crippen LogP contribution in [0.1, 0.15) is 12.5 Å². The highest BCUT2D eigenvalue weighted by Gasteiger charge is 2.36. The summed E-state index contributed by atoms with van der Waals surface area (Å²) >= 11 is 0. The molecule has 0 aromatic heterocycles. The number of rotatable bonds is 4. The minimum atomic E-state index is -4.18. The van der Waals surface area contributed by atoms with E-state index in [1.165, 1.54) is 7.05 Å². The highest BCUT2D eigenvalue weighted by Crippen LogP contribution is 2.32. The van der Waals surface area contributed by atoms with E-state index in [1.807, 2.05) is 24.3 Å². The molecule has 7 heteroatoms. The van der Waals surface area contributed by atoms with Gasteiger partial charge >= 0.3 is 0 Å². The summed E-state index contributed by atoms with van der Waals surface area (Å²) < 4.78 is 59.3. The maximum atomic E-state index is 13.9. The number of likely N-dealkylation sites (N-methyl/N-ethyl adjacent to an activating group) is 1. The van der Waals surface area contributed by atoms with Crippen molar-refractivity contribution in [3.8, 4) is 5.75 Å². The molecule has 0 N–H and O–H groups in total. The highest BCUT2D eigenvalue weighted by molar-refractivity contribution is 7.89. The van der Waals surface area contributed by atoms with Crippen molar-refractivity contribution in [1.82, 2.24) is 4.31 Å². The maximum Gasteiger partial charge on any atom is 0.246 e. The maximum absolute atomic E-state index is 13.9. The van der Waals surface area contributed by atoms with Gasteiger partial charge in [-0.05, 0) is 36.8 Å². The quantitative estimate of drug-likeness (QED) is 0.849. The number of fused-ring (bicyclic) bond motifs is 1. The van der Waals surface area contributed by atoms with E-state index in [0.717, 1.165) is 27.8 Å². The SMILES string of the molecule is CC(C1Cc2ccccc2O1)N(C)S(=O)(=O)c1cc(F)ccc1F. The Bertz CT molecular complexity index is 845. The molecule has 24 heavy (non-hydrogen) atoms. The Hall–Kier alpha value is -1.99. The number of halogens is 2. The standard InChI is InChI=1S/C17H17F2NO3S/c1-11(16-9-12-5-3-4-6-15(12)23-16)20(2)24(21,22)17-10-13(18)7-8-14(17)19/h3-8,10-11,16H,9H2,1-2H3. The largest absolute Gasteiger partial charge is 0.488 e. The molecule has 0 radical (unpaired) electrons. The van der Waals surface area contributed by atoms with E-state index < -0.39 is 38.7 Å². The van der Waals surface area contributed by atoms with Gasteiger partial charge in [-0.2, -0.15) is 4.31 Å². The van der Waals surface area contributed by atoms with Crippen LogP contribution >= 0.6 is 0 Å².